The monoisotopic (exact) mass is 325 g/mol. The number of nitrogens with zero attached hydrogens (tertiary/aromatic N) is 1. The molecule has 0 aliphatic heterocycles. The molecule has 0 spiro atoms. The zero-order valence-electron chi connectivity index (χ0n) is 14.6. The summed E-state index contributed by atoms with van der Waals surface area (Å²) in [5.74, 6) is -0.340. The van der Waals surface area contributed by atoms with E-state index in [0.29, 0.717) is 0 Å². The number of nitrogens with one attached hydrogen (secondary N) is 2. The summed E-state index contributed by atoms with van der Waals surface area (Å²) in [7, 11) is 0. The molecule has 1 atom stereocenters. The lowest BCUT2D eigenvalue weighted by Crippen LogP contribution is -2.54. The minimum atomic E-state index is -0.599. The van der Waals surface area contributed by atoms with Gasteiger partial charge in [0.25, 0.3) is 5.91 Å². The Morgan fingerprint density at radius 2 is 2.00 bits per heavy atom. The van der Waals surface area contributed by atoms with E-state index in [1.165, 1.54) is 12.3 Å². The Hall–Kier alpha value is -2.05. The molecule has 130 valence electrons. The van der Waals surface area contributed by atoms with Crippen LogP contribution in [0.3, 0.4) is 0 Å². The molecule has 23 heavy (non-hydrogen) atoms. The second-order valence-electron chi connectivity index (χ2n) is 6.86. The molecule has 0 fully saturated rings. The molecule has 1 aromatic heterocycles. The lowest BCUT2D eigenvalue weighted by atomic mass is 9.95. The van der Waals surface area contributed by atoms with Crippen molar-refractivity contribution in [3.8, 4) is 0 Å². The van der Waals surface area contributed by atoms with Crippen LogP contribution in [0.5, 0.6) is 0 Å². The van der Waals surface area contributed by atoms with E-state index in [1.807, 2.05) is 27.7 Å². The number of alkyl carbamates (subject to hydrolysis) is 1. The highest BCUT2D eigenvalue weighted by atomic mass is 16.6. The summed E-state index contributed by atoms with van der Waals surface area (Å²) < 4.78 is 9.95. The van der Waals surface area contributed by atoms with Crippen molar-refractivity contribution in [2.45, 2.75) is 65.0 Å². The van der Waals surface area contributed by atoms with Crippen molar-refractivity contribution in [3.63, 3.8) is 0 Å². The first-order valence-electron chi connectivity index (χ1n) is 7.85. The zero-order chi connectivity index (χ0) is 17.5. The van der Waals surface area contributed by atoms with Crippen LogP contribution in [0.25, 0.3) is 0 Å². The van der Waals surface area contributed by atoms with E-state index >= 15 is 0 Å². The summed E-state index contributed by atoms with van der Waals surface area (Å²) in [6.45, 7) is 9.66. The average molecular weight is 325 g/mol. The van der Waals surface area contributed by atoms with Gasteiger partial charge in [0.1, 0.15) is 11.9 Å². The van der Waals surface area contributed by atoms with E-state index in [-0.39, 0.29) is 18.1 Å². The molecule has 1 rings (SSSR count). The predicted molar refractivity (Wildman–Crippen MR) is 86.1 cm³/mol. The number of carbonyl (C=O) groups excluding carboxylic acids is 2. The number of unbranched alkanes of at least 4 members (excludes halogenated alkanes) is 1. The number of hydrogen-bond donors (Lipinski definition) is 2. The van der Waals surface area contributed by atoms with E-state index < -0.39 is 17.2 Å². The Balaban J connectivity index is 2.65. The van der Waals surface area contributed by atoms with Crippen LogP contribution in [-0.2, 0) is 4.74 Å². The maximum absolute atomic E-state index is 12.0. The number of hydrogen-bond acceptors (Lipinski definition) is 5. The van der Waals surface area contributed by atoms with Crippen molar-refractivity contribution in [2.75, 3.05) is 6.54 Å². The van der Waals surface area contributed by atoms with Crippen LogP contribution >= 0.6 is 0 Å². The summed E-state index contributed by atoms with van der Waals surface area (Å²) in [6.07, 6.45) is 3.48. The fourth-order valence-corrected chi connectivity index (χ4v) is 2.01. The van der Waals surface area contributed by atoms with Gasteiger partial charge in [-0.25, -0.2) is 4.79 Å². The minimum absolute atomic E-state index is 0.208. The molecule has 0 radical (unpaired) electrons. The molecular weight excluding hydrogens is 298 g/mol. The van der Waals surface area contributed by atoms with Gasteiger partial charge in [0.05, 0.1) is 5.54 Å². The summed E-state index contributed by atoms with van der Waals surface area (Å²) in [4.78, 5) is 24.0. The number of amides is 2. The van der Waals surface area contributed by atoms with Gasteiger partial charge in [0.2, 0.25) is 0 Å². The van der Waals surface area contributed by atoms with Crippen LogP contribution in [0, 0.1) is 0 Å². The van der Waals surface area contributed by atoms with Crippen LogP contribution in [0.15, 0.2) is 16.9 Å². The van der Waals surface area contributed by atoms with Crippen molar-refractivity contribution in [2.24, 2.45) is 0 Å². The highest BCUT2D eigenvalue weighted by Gasteiger charge is 2.29. The SMILES string of the molecule is CCCC[C@](C)(CNC(=O)c1ccon1)NC(=O)OC(C)(C)C. The summed E-state index contributed by atoms with van der Waals surface area (Å²) in [5.41, 5.74) is -0.961. The molecule has 7 heteroatoms. The van der Waals surface area contributed by atoms with Gasteiger partial charge in [-0.2, -0.15) is 0 Å². The third-order valence-electron chi connectivity index (χ3n) is 3.19. The van der Waals surface area contributed by atoms with Gasteiger partial charge in [-0.05, 0) is 34.1 Å². The maximum Gasteiger partial charge on any atom is 0.408 e. The molecule has 0 unspecified atom stereocenters. The van der Waals surface area contributed by atoms with Gasteiger partial charge < -0.3 is 19.9 Å². The first kappa shape index (κ1) is 19.0. The molecule has 0 bridgehead atoms. The minimum Gasteiger partial charge on any atom is -0.444 e. The standard InChI is InChI=1S/C16H27N3O4/c1-6-7-9-16(5,18-14(21)23-15(2,3)4)11-17-13(20)12-8-10-22-19-12/h8,10H,6-7,9,11H2,1-5H3,(H,17,20)(H,18,21)/t16-/m1/s1. The van der Waals surface area contributed by atoms with E-state index in [2.05, 4.69) is 27.2 Å². The van der Waals surface area contributed by atoms with E-state index in [4.69, 9.17) is 4.74 Å². The van der Waals surface area contributed by atoms with Crippen molar-refractivity contribution in [3.05, 3.63) is 18.0 Å². The maximum atomic E-state index is 12.0. The lowest BCUT2D eigenvalue weighted by molar-refractivity contribution is 0.0452. The van der Waals surface area contributed by atoms with Crippen LogP contribution in [0.4, 0.5) is 4.79 Å². The van der Waals surface area contributed by atoms with Gasteiger partial charge in [0.15, 0.2) is 5.69 Å². The Morgan fingerprint density at radius 3 is 2.52 bits per heavy atom. The van der Waals surface area contributed by atoms with Crippen molar-refractivity contribution < 1.29 is 18.8 Å². The molecule has 0 aromatic carbocycles. The smallest absolute Gasteiger partial charge is 0.408 e. The number of ether oxygens (including phenoxy) is 1. The normalized spacial score (nSPS) is 14.0. The van der Waals surface area contributed by atoms with Crippen LogP contribution < -0.4 is 10.6 Å². The van der Waals surface area contributed by atoms with Gasteiger partial charge in [-0.1, -0.05) is 24.9 Å². The van der Waals surface area contributed by atoms with Gasteiger partial charge in [-0.3, -0.25) is 4.79 Å². The predicted octanol–water partition coefficient (Wildman–Crippen LogP) is 2.88. The Morgan fingerprint density at radius 1 is 1.30 bits per heavy atom. The first-order chi connectivity index (χ1) is 10.7. The number of carbonyl (C=O) groups is 2. The molecule has 1 aromatic rings. The topological polar surface area (TPSA) is 93.5 Å². The second-order valence-corrected chi connectivity index (χ2v) is 6.86. The number of rotatable bonds is 7. The van der Waals surface area contributed by atoms with Crippen molar-refractivity contribution >= 4 is 12.0 Å². The van der Waals surface area contributed by atoms with Gasteiger partial charge in [0, 0.05) is 12.6 Å². The highest BCUT2D eigenvalue weighted by molar-refractivity contribution is 5.92. The highest BCUT2D eigenvalue weighted by Crippen LogP contribution is 2.15. The van der Waals surface area contributed by atoms with E-state index in [0.717, 1.165) is 19.3 Å². The lowest BCUT2D eigenvalue weighted by Gasteiger charge is -2.32. The molecule has 2 amide bonds. The zero-order valence-corrected chi connectivity index (χ0v) is 14.6. The van der Waals surface area contributed by atoms with Crippen molar-refractivity contribution in [1.82, 2.24) is 15.8 Å². The fraction of sp³-hybridized carbons (Fsp3) is 0.688. The van der Waals surface area contributed by atoms with E-state index in [9.17, 15) is 9.59 Å². The molecule has 0 saturated carbocycles. The average Bonchev–Trinajstić information content (AvgIpc) is 2.94. The molecular formula is C16H27N3O4. The van der Waals surface area contributed by atoms with Crippen LogP contribution in [0.2, 0.25) is 0 Å². The Labute approximate surface area is 137 Å². The summed E-state index contributed by atoms with van der Waals surface area (Å²) >= 11 is 0. The third kappa shape index (κ3) is 7.17. The molecule has 0 aliphatic carbocycles. The molecule has 2 N–H and O–H groups in total. The van der Waals surface area contributed by atoms with E-state index in [1.54, 1.807) is 0 Å². The quantitative estimate of drug-likeness (QED) is 0.804. The molecule has 1 heterocycles. The third-order valence-corrected chi connectivity index (χ3v) is 3.19. The Bertz CT molecular complexity index is 508. The molecule has 0 saturated heterocycles. The molecule has 0 aliphatic rings. The van der Waals surface area contributed by atoms with Crippen LogP contribution in [0.1, 0.15) is 64.4 Å². The second kappa shape index (κ2) is 7.99. The summed E-state index contributed by atoms with van der Waals surface area (Å²) in [6, 6.07) is 1.49. The van der Waals surface area contributed by atoms with Crippen molar-refractivity contribution in [1.29, 1.82) is 0 Å². The fourth-order valence-electron chi connectivity index (χ4n) is 2.01. The number of aromatic nitrogens is 1. The molecule has 7 nitrogen and oxygen atoms in total. The summed E-state index contributed by atoms with van der Waals surface area (Å²) in [5, 5.41) is 9.23. The first-order valence-corrected chi connectivity index (χ1v) is 7.85. The van der Waals surface area contributed by atoms with Crippen LogP contribution in [-0.4, -0.2) is 34.8 Å². The van der Waals surface area contributed by atoms with Gasteiger partial charge >= 0.3 is 6.09 Å². The largest absolute Gasteiger partial charge is 0.444 e. The Kier molecular flexibility index (Phi) is 6.60. The van der Waals surface area contributed by atoms with Gasteiger partial charge in [-0.15, -0.1) is 0 Å².